The van der Waals surface area contributed by atoms with Crippen LogP contribution in [0.2, 0.25) is 0 Å². The molecule has 1 N–H and O–H groups in total. The minimum absolute atomic E-state index is 0.0726. The number of nitrogens with one attached hydrogen (secondary N) is 1. The quantitative estimate of drug-likeness (QED) is 0.403. The normalized spacial score (nSPS) is 15.1. The zero-order valence-electron chi connectivity index (χ0n) is 20.2. The molecule has 3 heterocycles. The van der Waals surface area contributed by atoms with Crippen molar-refractivity contribution in [1.82, 2.24) is 19.6 Å². The molecule has 0 aliphatic carbocycles. The number of rotatable bonds is 8. The molecule has 5 rings (SSSR count). The van der Waals surface area contributed by atoms with Crippen molar-refractivity contribution >= 4 is 11.6 Å². The summed E-state index contributed by atoms with van der Waals surface area (Å²) in [6, 6.07) is 17.5. The van der Waals surface area contributed by atoms with Crippen LogP contribution < -0.4 is 10.1 Å². The van der Waals surface area contributed by atoms with Gasteiger partial charge in [-0.2, -0.15) is 0 Å². The summed E-state index contributed by atoms with van der Waals surface area (Å²) in [4.78, 5) is 19.8. The van der Waals surface area contributed by atoms with E-state index in [1.165, 1.54) is 12.1 Å². The van der Waals surface area contributed by atoms with Gasteiger partial charge in [0, 0.05) is 37.6 Å². The standard InChI is InChI=1S/C28H29FN4O3/c1-20-5-10-27-31-24(18-33(27)17-20)19-36-25-4-2-3-22(15-25)28(34)30-16-26(32-11-13-35-14-12-32)21-6-8-23(29)9-7-21/h2-10,15,17-18,26H,11-14,16,19H2,1H3,(H,30,34). The lowest BCUT2D eigenvalue weighted by Gasteiger charge is -2.35. The van der Waals surface area contributed by atoms with Gasteiger partial charge in [0.05, 0.1) is 24.9 Å². The fourth-order valence-electron chi connectivity index (χ4n) is 4.43. The van der Waals surface area contributed by atoms with Crippen molar-refractivity contribution in [3.05, 3.63) is 101 Å². The van der Waals surface area contributed by atoms with Gasteiger partial charge in [-0.25, -0.2) is 9.37 Å². The summed E-state index contributed by atoms with van der Waals surface area (Å²) in [5, 5.41) is 3.05. The largest absolute Gasteiger partial charge is 0.487 e. The summed E-state index contributed by atoms with van der Waals surface area (Å²) in [7, 11) is 0. The third-order valence-corrected chi connectivity index (χ3v) is 6.33. The first-order valence-corrected chi connectivity index (χ1v) is 12.1. The van der Waals surface area contributed by atoms with E-state index >= 15 is 0 Å². The summed E-state index contributed by atoms with van der Waals surface area (Å²) in [6.07, 6.45) is 3.97. The SMILES string of the molecule is Cc1ccc2nc(COc3cccc(C(=O)NCC(c4ccc(F)cc4)N4CCOCC4)c3)cn2c1. The molecule has 186 valence electrons. The van der Waals surface area contributed by atoms with Gasteiger partial charge < -0.3 is 19.2 Å². The minimum atomic E-state index is -0.279. The van der Waals surface area contributed by atoms with E-state index < -0.39 is 0 Å². The van der Waals surface area contributed by atoms with Crippen LogP contribution in [0.1, 0.15) is 33.2 Å². The molecule has 2 aromatic heterocycles. The van der Waals surface area contributed by atoms with E-state index in [1.54, 1.807) is 30.3 Å². The molecule has 4 aromatic rings. The van der Waals surface area contributed by atoms with E-state index in [1.807, 2.05) is 41.9 Å². The van der Waals surface area contributed by atoms with Gasteiger partial charge in [0.15, 0.2) is 0 Å². The maximum atomic E-state index is 13.5. The molecule has 36 heavy (non-hydrogen) atoms. The Bertz CT molecular complexity index is 1330. The van der Waals surface area contributed by atoms with Crippen LogP contribution in [0.5, 0.6) is 5.75 Å². The summed E-state index contributed by atoms with van der Waals surface area (Å²) >= 11 is 0. The van der Waals surface area contributed by atoms with Crippen LogP contribution in [0.15, 0.2) is 73.1 Å². The number of carbonyl (C=O) groups is 1. The average molecular weight is 489 g/mol. The van der Waals surface area contributed by atoms with Gasteiger partial charge in [0.25, 0.3) is 5.91 Å². The number of halogens is 1. The summed E-state index contributed by atoms with van der Waals surface area (Å²) in [5.74, 6) is 0.127. The van der Waals surface area contributed by atoms with E-state index in [-0.39, 0.29) is 17.8 Å². The fraction of sp³-hybridized carbons (Fsp3) is 0.286. The second-order valence-electron chi connectivity index (χ2n) is 8.95. The Morgan fingerprint density at radius 1 is 1.11 bits per heavy atom. The van der Waals surface area contributed by atoms with Crippen molar-refractivity contribution in [2.75, 3.05) is 32.8 Å². The fourth-order valence-corrected chi connectivity index (χ4v) is 4.43. The number of hydrogen-bond acceptors (Lipinski definition) is 5. The molecule has 0 radical (unpaired) electrons. The van der Waals surface area contributed by atoms with Crippen LogP contribution in [0.3, 0.4) is 0 Å². The second kappa shape index (κ2) is 10.9. The van der Waals surface area contributed by atoms with Gasteiger partial charge in [-0.1, -0.05) is 24.3 Å². The van der Waals surface area contributed by atoms with Crippen molar-refractivity contribution in [3.8, 4) is 5.75 Å². The molecule has 1 aliphatic heterocycles. The monoisotopic (exact) mass is 488 g/mol. The molecule has 1 saturated heterocycles. The Hall–Kier alpha value is -3.75. The van der Waals surface area contributed by atoms with Gasteiger partial charge in [-0.05, 0) is 54.4 Å². The highest BCUT2D eigenvalue weighted by atomic mass is 19.1. The number of aromatic nitrogens is 2. The lowest BCUT2D eigenvalue weighted by atomic mass is 10.0. The first-order valence-electron chi connectivity index (χ1n) is 12.1. The van der Waals surface area contributed by atoms with E-state index in [0.717, 1.165) is 35.6 Å². The molecule has 1 atom stereocenters. The average Bonchev–Trinajstić information content (AvgIpc) is 3.31. The van der Waals surface area contributed by atoms with Crippen molar-refractivity contribution in [2.45, 2.75) is 19.6 Å². The van der Waals surface area contributed by atoms with E-state index in [9.17, 15) is 9.18 Å². The Morgan fingerprint density at radius 3 is 2.72 bits per heavy atom. The number of benzene rings is 2. The highest BCUT2D eigenvalue weighted by Gasteiger charge is 2.23. The molecule has 7 nitrogen and oxygen atoms in total. The Morgan fingerprint density at radius 2 is 1.92 bits per heavy atom. The summed E-state index contributed by atoms with van der Waals surface area (Å²) in [6.45, 7) is 5.52. The maximum absolute atomic E-state index is 13.5. The lowest BCUT2D eigenvalue weighted by molar-refractivity contribution is 0.0162. The molecule has 0 saturated carbocycles. The lowest BCUT2D eigenvalue weighted by Crippen LogP contribution is -2.43. The number of nitrogens with zero attached hydrogens (tertiary/aromatic N) is 3. The molecule has 8 heteroatoms. The first-order chi connectivity index (χ1) is 17.5. The Kier molecular flexibility index (Phi) is 7.25. The van der Waals surface area contributed by atoms with E-state index in [4.69, 9.17) is 9.47 Å². The zero-order chi connectivity index (χ0) is 24.9. The third kappa shape index (κ3) is 5.72. The number of fused-ring (bicyclic) bond motifs is 1. The molecule has 2 aromatic carbocycles. The molecule has 1 fully saturated rings. The third-order valence-electron chi connectivity index (χ3n) is 6.33. The summed E-state index contributed by atoms with van der Waals surface area (Å²) < 4.78 is 26.9. The molecule has 1 aliphatic rings. The number of hydrogen-bond donors (Lipinski definition) is 1. The zero-order valence-corrected chi connectivity index (χ0v) is 20.2. The van der Waals surface area contributed by atoms with Gasteiger partial charge in [-0.15, -0.1) is 0 Å². The minimum Gasteiger partial charge on any atom is -0.487 e. The van der Waals surface area contributed by atoms with Crippen molar-refractivity contribution < 1.29 is 18.7 Å². The molecule has 1 amide bonds. The number of amides is 1. The maximum Gasteiger partial charge on any atom is 0.251 e. The molecule has 1 unspecified atom stereocenters. The van der Waals surface area contributed by atoms with Crippen LogP contribution in [0.25, 0.3) is 5.65 Å². The predicted octanol–water partition coefficient (Wildman–Crippen LogP) is 4.16. The van der Waals surface area contributed by atoms with E-state index in [0.29, 0.717) is 37.7 Å². The number of aryl methyl sites for hydroxylation is 1. The first kappa shape index (κ1) is 24.0. The number of imidazole rings is 1. The van der Waals surface area contributed by atoms with Crippen LogP contribution in [0, 0.1) is 12.7 Å². The van der Waals surface area contributed by atoms with Gasteiger partial charge in [-0.3, -0.25) is 9.69 Å². The van der Waals surface area contributed by atoms with Crippen molar-refractivity contribution in [3.63, 3.8) is 0 Å². The van der Waals surface area contributed by atoms with E-state index in [2.05, 4.69) is 15.2 Å². The molecular formula is C28H29FN4O3. The highest BCUT2D eigenvalue weighted by molar-refractivity contribution is 5.94. The number of ether oxygens (including phenoxy) is 2. The second-order valence-corrected chi connectivity index (χ2v) is 8.95. The molecule has 0 bridgehead atoms. The van der Waals surface area contributed by atoms with Crippen molar-refractivity contribution in [1.29, 1.82) is 0 Å². The van der Waals surface area contributed by atoms with Crippen molar-refractivity contribution in [2.24, 2.45) is 0 Å². The predicted molar refractivity (Wildman–Crippen MR) is 135 cm³/mol. The Labute approximate surface area is 209 Å². The van der Waals surface area contributed by atoms with Gasteiger partial charge in [0.2, 0.25) is 0 Å². The van der Waals surface area contributed by atoms with Crippen LogP contribution in [-0.2, 0) is 11.3 Å². The summed E-state index contributed by atoms with van der Waals surface area (Å²) in [5.41, 5.74) is 4.30. The smallest absolute Gasteiger partial charge is 0.251 e. The molecular weight excluding hydrogens is 459 g/mol. The van der Waals surface area contributed by atoms with Crippen LogP contribution >= 0.6 is 0 Å². The van der Waals surface area contributed by atoms with Crippen LogP contribution in [-0.4, -0.2) is 53.0 Å². The highest BCUT2D eigenvalue weighted by Crippen LogP contribution is 2.22. The molecule has 0 spiro atoms. The van der Waals surface area contributed by atoms with Gasteiger partial charge in [0.1, 0.15) is 23.8 Å². The topological polar surface area (TPSA) is 68.1 Å². The van der Waals surface area contributed by atoms with Gasteiger partial charge >= 0.3 is 0 Å². The van der Waals surface area contributed by atoms with Crippen LogP contribution in [0.4, 0.5) is 4.39 Å². The Balaban J connectivity index is 1.23. The number of pyridine rings is 1. The number of carbonyl (C=O) groups excluding carboxylic acids is 1. The number of morpholine rings is 1.